The zero-order valence-corrected chi connectivity index (χ0v) is 26.7. The van der Waals surface area contributed by atoms with Crippen LogP contribution < -0.4 is 14.4 Å². The lowest BCUT2D eigenvalue weighted by atomic mass is 9.68. The second-order valence-corrected chi connectivity index (χ2v) is 15.6. The van der Waals surface area contributed by atoms with E-state index < -0.39 is 27.3 Å². The second kappa shape index (κ2) is 12.1. The Morgan fingerprint density at radius 3 is 2.79 bits per heavy atom. The molecule has 2 aromatic rings. The van der Waals surface area contributed by atoms with Crippen LogP contribution in [0.1, 0.15) is 80.3 Å². The molecule has 2 aromatic carbocycles. The van der Waals surface area contributed by atoms with Gasteiger partial charge in [0.25, 0.3) is 5.91 Å². The molecule has 0 saturated heterocycles. The van der Waals surface area contributed by atoms with Gasteiger partial charge in [0, 0.05) is 29.1 Å². The molecule has 1 spiro atoms. The number of nitrogens with zero attached hydrogens (tertiary/aromatic N) is 1. The standard InChI is InChI=1S/C34H43ClN2O5S/c1-3-6-32-22(2)7-4-9-30(38)27-13-10-25(27)19-37-20-34(16-5-8-23-17-26(35)12-14-28(23)34)21-42-31-15-11-24(18-29(31)37)33(39)36-43(32,40)41/h4,9,11-12,14-15,17-18,22,25,27,30,32,38H,3,5-8,10,13,16,19-21H2,1-2H3,(H,36,39)/b9-4-/t22-,25-,27+,30+,32+,34-/m0/s1. The molecular weight excluding hydrogens is 584 g/mol. The monoisotopic (exact) mass is 626 g/mol. The van der Waals surface area contributed by atoms with Gasteiger partial charge in [0.15, 0.2) is 0 Å². The van der Waals surface area contributed by atoms with E-state index in [0.717, 1.165) is 49.4 Å². The Hall–Kier alpha value is -2.55. The molecule has 4 aliphatic rings. The number of ether oxygens (including phenoxy) is 1. The van der Waals surface area contributed by atoms with Crippen molar-refractivity contribution >= 4 is 33.2 Å². The highest BCUT2D eigenvalue weighted by atomic mass is 35.5. The van der Waals surface area contributed by atoms with Gasteiger partial charge in [-0.2, -0.15) is 0 Å². The van der Waals surface area contributed by atoms with Crippen molar-refractivity contribution in [2.45, 2.75) is 82.0 Å². The summed E-state index contributed by atoms with van der Waals surface area (Å²) < 4.78 is 36.0. The highest BCUT2D eigenvalue weighted by Gasteiger charge is 2.44. The first-order valence-corrected chi connectivity index (χ1v) is 17.7. The van der Waals surface area contributed by atoms with Crippen molar-refractivity contribution in [1.82, 2.24) is 4.72 Å². The molecule has 2 heterocycles. The average molecular weight is 627 g/mol. The summed E-state index contributed by atoms with van der Waals surface area (Å²) in [6.07, 6.45) is 9.79. The minimum atomic E-state index is -3.93. The van der Waals surface area contributed by atoms with Crippen molar-refractivity contribution in [3.8, 4) is 5.75 Å². The van der Waals surface area contributed by atoms with E-state index >= 15 is 0 Å². The number of halogens is 1. The largest absolute Gasteiger partial charge is 0.490 e. The summed E-state index contributed by atoms with van der Waals surface area (Å²) in [5.74, 6) is 0.271. The van der Waals surface area contributed by atoms with Gasteiger partial charge in [-0.1, -0.05) is 50.1 Å². The first-order chi connectivity index (χ1) is 20.6. The molecule has 0 radical (unpaired) electrons. The minimum Gasteiger partial charge on any atom is -0.490 e. The Morgan fingerprint density at radius 1 is 1.19 bits per heavy atom. The maximum Gasteiger partial charge on any atom is 0.264 e. The van der Waals surface area contributed by atoms with Crippen LogP contribution in [-0.4, -0.2) is 50.5 Å². The number of nitrogens with one attached hydrogen (secondary N) is 1. The van der Waals surface area contributed by atoms with Gasteiger partial charge in [0.05, 0.1) is 23.6 Å². The summed E-state index contributed by atoms with van der Waals surface area (Å²) in [5, 5.41) is 11.2. The number of rotatable bonds is 2. The number of fused-ring (bicyclic) bond motifs is 4. The van der Waals surface area contributed by atoms with Gasteiger partial charge in [0.1, 0.15) is 5.75 Å². The third kappa shape index (κ3) is 5.95. The highest BCUT2D eigenvalue weighted by molar-refractivity contribution is 7.90. The number of carbonyl (C=O) groups is 1. The third-order valence-electron chi connectivity index (χ3n) is 10.4. The van der Waals surface area contributed by atoms with E-state index in [9.17, 15) is 18.3 Å². The molecule has 7 nitrogen and oxygen atoms in total. The van der Waals surface area contributed by atoms with Crippen LogP contribution in [0, 0.1) is 17.8 Å². The molecule has 1 amide bonds. The molecule has 0 aromatic heterocycles. The Balaban J connectivity index is 1.42. The van der Waals surface area contributed by atoms with Crippen molar-refractivity contribution in [3.63, 3.8) is 0 Å². The van der Waals surface area contributed by atoms with Gasteiger partial charge in [-0.25, -0.2) is 13.1 Å². The predicted octanol–water partition coefficient (Wildman–Crippen LogP) is 6.02. The zero-order valence-electron chi connectivity index (χ0n) is 25.1. The van der Waals surface area contributed by atoms with Crippen LogP contribution in [0.3, 0.4) is 0 Å². The number of benzene rings is 2. The SMILES string of the molecule is CCC[C@@H]1[C@@H](C)C/C=C\[C@@H](O)[C@@H]2CC[C@H]2CN2C[C@@]3(CCCc4cc(Cl)ccc43)COc3ccc(cc32)C(=O)NS1(=O)=O. The van der Waals surface area contributed by atoms with Crippen molar-refractivity contribution in [3.05, 3.63) is 70.3 Å². The fourth-order valence-electron chi connectivity index (χ4n) is 7.83. The van der Waals surface area contributed by atoms with Gasteiger partial charge < -0.3 is 14.7 Å². The molecule has 6 rings (SSSR count). The first-order valence-electron chi connectivity index (χ1n) is 15.8. The van der Waals surface area contributed by atoms with E-state index in [1.165, 1.54) is 11.1 Å². The van der Waals surface area contributed by atoms with Crippen molar-refractivity contribution in [2.75, 3.05) is 24.6 Å². The molecule has 0 unspecified atom stereocenters. The van der Waals surface area contributed by atoms with Crippen LogP contribution in [-0.2, 0) is 21.9 Å². The first kappa shape index (κ1) is 30.5. The number of sulfonamides is 1. The van der Waals surface area contributed by atoms with Crippen molar-refractivity contribution in [2.24, 2.45) is 17.8 Å². The molecule has 6 atom stereocenters. The molecule has 1 saturated carbocycles. The summed E-state index contributed by atoms with van der Waals surface area (Å²) >= 11 is 6.39. The lowest BCUT2D eigenvalue weighted by Gasteiger charge is -2.45. The lowest BCUT2D eigenvalue weighted by molar-refractivity contribution is 0.0455. The number of hydrogen-bond donors (Lipinski definition) is 2. The maximum atomic E-state index is 13.5. The molecule has 9 heteroatoms. The second-order valence-electron chi connectivity index (χ2n) is 13.2. The third-order valence-corrected chi connectivity index (χ3v) is 12.6. The van der Waals surface area contributed by atoms with Crippen LogP contribution in [0.5, 0.6) is 5.75 Å². The predicted molar refractivity (Wildman–Crippen MR) is 170 cm³/mol. The molecule has 2 aliphatic heterocycles. The summed E-state index contributed by atoms with van der Waals surface area (Å²) in [7, 11) is -3.93. The average Bonchev–Trinajstić information content (AvgIpc) is 3.10. The van der Waals surface area contributed by atoms with E-state index in [1.807, 2.05) is 32.1 Å². The molecule has 43 heavy (non-hydrogen) atoms. The Kier molecular flexibility index (Phi) is 8.57. The molecule has 232 valence electrons. The van der Waals surface area contributed by atoms with Crippen molar-refractivity contribution in [1.29, 1.82) is 0 Å². The fourth-order valence-corrected chi connectivity index (χ4v) is 9.82. The topological polar surface area (TPSA) is 95.9 Å². The van der Waals surface area contributed by atoms with Gasteiger partial charge in [-0.3, -0.25) is 4.79 Å². The molecular formula is C34H43ClN2O5S. The van der Waals surface area contributed by atoms with E-state index in [4.69, 9.17) is 16.3 Å². The Labute approximate surface area is 260 Å². The van der Waals surface area contributed by atoms with Crippen LogP contribution in [0.15, 0.2) is 48.6 Å². The normalized spacial score (nSPS) is 32.8. The molecule has 2 aliphatic carbocycles. The molecule has 2 bridgehead atoms. The quantitative estimate of drug-likeness (QED) is 0.396. The number of aliphatic hydroxyl groups excluding tert-OH is 1. The van der Waals surface area contributed by atoms with E-state index in [2.05, 4.69) is 21.8 Å². The smallest absolute Gasteiger partial charge is 0.264 e. The van der Waals surface area contributed by atoms with E-state index in [0.29, 0.717) is 43.7 Å². The molecule has 1 fully saturated rings. The van der Waals surface area contributed by atoms with Gasteiger partial charge in [0.2, 0.25) is 10.0 Å². The number of carbonyl (C=O) groups excluding carboxylic acids is 1. The summed E-state index contributed by atoms with van der Waals surface area (Å²) in [5.41, 5.74) is 3.35. The van der Waals surface area contributed by atoms with Gasteiger partial charge in [-0.15, -0.1) is 0 Å². The fraction of sp³-hybridized carbons (Fsp3) is 0.559. The van der Waals surface area contributed by atoms with Gasteiger partial charge >= 0.3 is 0 Å². The Morgan fingerprint density at radius 2 is 2.02 bits per heavy atom. The zero-order chi connectivity index (χ0) is 30.4. The summed E-state index contributed by atoms with van der Waals surface area (Å²) in [6, 6.07) is 11.4. The minimum absolute atomic E-state index is 0.127. The highest BCUT2D eigenvalue weighted by Crippen LogP contribution is 2.46. The van der Waals surface area contributed by atoms with E-state index in [-0.39, 0.29) is 23.2 Å². The van der Waals surface area contributed by atoms with Crippen LogP contribution in [0.25, 0.3) is 0 Å². The Bertz CT molecular complexity index is 1510. The number of allylic oxidation sites excluding steroid dienone is 1. The van der Waals surface area contributed by atoms with Crippen LogP contribution in [0.2, 0.25) is 5.02 Å². The molecule has 2 N–H and O–H groups in total. The summed E-state index contributed by atoms with van der Waals surface area (Å²) in [6.45, 7) is 5.77. The maximum absolute atomic E-state index is 13.5. The van der Waals surface area contributed by atoms with E-state index in [1.54, 1.807) is 18.2 Å². The van der Waals surface area contributed by atoms with Gasteiger partial charge in [-0.05, 0) is 104 Å². The van der Waals surface area contributed by atoms with Crippen LogP contribution >= 0.6 is 11.6 Å². The lowest BCUT2D eigenvalue weighted by Crippen LogP contribution is -2.49. The number of aliphatic hydroxyl groups is 1. The number of anilines is 1. The van der Waals surface area contributed by atoms with Crippen molar-refractivity contribution < 1.29 is 23.1 Å². The number of amides is 1. The van der Waals surface area contributed by atoms with Crippen LogP contribution in [0.4, 0.5) is 5.69 Å². The number of aryl methyl sites for hydroxylation is 1. The number of hydrogen-bond acceptors (Lipinski definition) is 6. The summed E-state index contributed by atoms with van der Waals surface area (Å²) in [4.78, 5) is 15.8.